The lowest BCUT2D eigenvalue weighted by Gasteiger charge is -2.32. The summed E-state index contributed by atoms with van der Waals surface area (Å²) in [5.41, 5.74) is 2.84. The van der Waals surface area contributed by atoms with Crippen LogP contribution in [0.15, 0.2) is 35.4 Å². The quantitative estimate of drug-likeness (QED) is 0.574. The van der Waals surface area contributed by atoms with Crippen molar-refractivity contribution in [1.29, 1.82) is 0 Å². The van der Waals surface area contributed by atoms with Crippen molar-refractivity contribution in [3.63, 3.8) is 0 Å². The second-order valence-corrected chi connectivity index (χ2v) is 9.06. The standard InChI is InChI=1S/C22H27N3O2S/c1-22(2)13-18-17(14-27-22)21(24-20(23-18)16-9-5-3-6-10-16)28-15-19(26)25-11-7-4-8-12-25/h3,5-6,9-10H,4,7-8,11-15H2,1-2H3. The Morgan fingerprint density at radius 1 is 1.14 bits per heavy atom. The summed E-state index contributed by atoms with van der Waals surface area (Å²) in [6, 6.07) is 10.0. The average molecular weight is 398 g/mol. The van der Waals surface area contributed by atoms with E-state index in [1.165, 1.54) is 18.2 Å². The molecule has 5 nitrogen and oxygen atoms in total. The van der Waals surface area contributed by atoms with E-state index >= 15 is 0 Å². The summed E-state index contributed by atoms with van der Waals surface area (Å²) in [7, 11) is 0. The summed E-state index contributed by atoms with van der Waals surface area (Å²) in [4.78, 5) is 24.3. The van der Waals surface area contributed by atoms with E-state index in [1.54, 1.807) is 0 Å². The maximum atomic E-state index is 12.6. The molecule has 1 fully saturated rings. The minimum atomic E-state index is -0.235. The van der Waals surface area contributed by atoms with Crippen molar-refractivity contribution in [2.45, 2.75) is 56.8 Å². The van der Waals surface area contributed by atoms with Gasteiger partial charge in [-0.3, -0.25) is 4.79 Å². The highest BCUT2D eigenvalue weighted by Crippen LogP contribution is 2.34. The predicted octanol–water partition coefficient (Wildman–Crippen LogP) is 4.10. The van der Waals surface area contributed by atoms with Gasteiger partial charge >= 0.3 is 0 Å². The molecule has 1 saturated heterocycles. The van der Waals surface area contributed by atoms with Crippen molar-refractivity contribution in [3.05, 3.63) is 41.6 Å². The van der Waals surface area contributed by atoms with Crippen molar-refractivity contribution in [2.24, 2.45) is 0 Å². The van der Waals surface area contributed by atoms with Crippen molar-refractivity contribution >= 4 is 17.7 Å². The number of ether oxygens (including phenoxy) is 1. The van der Waals surface area contributed by atoms with Crippen LogP contribution in [-0.2, 0) is 22.6 Å². The molecule has 1 aromatic heterocycles. The Morgan fingerprint density at radius 2 is 1.89 bits per heavy atom. The summed E-state index contributed by atoms with van der Waals surface area (Å²) in [5, 5.41) is 0.879. The van der Waals surface area contributed by atoms with Gasteiger partial charge in [0.2, 0.25) is 5.91 Å². The van der Waals surface area contributed by atoms with Gasteiger partial charge in [-0.2, -0.15) is 0 Å². The molecule has 1 amide bonds. The van der Waals surface area contributed by atoms with Crippen LogP contribution in [0.4, 0.5) is 0 Å². The molecule has 2 aliphatic heterocycles. The summed E-state index contributed by atoms with van der Waals surface area (Å²) in [6.45, 7) is 6.44. The van der Waals surface area contributed by atoms with Crippen molar-refractivity contribution < 1.29 is 9.53 Å². The molecule has 0 spiro atoms. The van der Waals surface area contributed by atoms with Gasteiger partial charge in [-0.05, 0) is 33.1 Å². The molecule has 3 heterocycles. The number of thioether (sulfide) groups is 1. The molecule has 0 radical (unpaired) electrons. The molecule has 0 N–H and O–H groups in total. The van der Waals surface area contributed by atoms with E-state index in [0.29, 0.717) is 12.4 Å². The van der Waals surface area contributed by atoms with Crippen LogP contribution in [0.1, 0.15) is 44.4 Å². The van der Waals surface area contributed by atoms with E-state index in [4.69, 9.17) is 14.7 Å². The first-order valence-electron chi connectivity index (χ1n) is 10.0. The third-order valence-corrected chi connectivity index (χ3v) is 6.33. The van der Waals surface area contributed by atoms with E-state index in [-0.39, 0.29) is 11.5 Å². The van der Waals surface area contributed by atoms with Crippen LogP contribution >= 0.6 is 11.8 Å². The molecule has 28 heavy (non-hydrogen) atoms. The van der Waals surface area contributed by atoms with Crippen LogP contribution in [0.2, 0.25) is 0 Å². The normalized spacial score (nSPS) is 18.6. The summed E-state index contributed by atoms with van der Waals surface area (Å²) >= 11 is 1.52. The van der Waals surface area contributed by atoms with Gasteiger partial charge < -0.3 is 9.64 Å². The monoisotopic (exact) mass is 397 g/mol. The zero-order chi connectivity index (χ0) is 19.6. The number of piperidine rings is 1. The molecular weight excluding hydrogens is 370 g/mol. The molecule has 148 valence electrons. The Bertz CT molecular complexity index is 848. The van der Waals surface area contributed by atoms with Gasteiger partial charge in [0.15, 0.2) is 5.82 Å². The Balaban J connectivity index is 1.60. The maximum absolute atomic E-state index is 12.6. The van der Waals surface area contributed by atoms with Gasteiger partial charge in [0.25, 0.3) is 0 Å². The fraction of sp³-hybridized carbons (Fsp3) is 0.500. The Kier molecular flexibility index (Phi) is 5.69. The van der Waals surface area contributed by atoms with Gasteiger partial charge in [-0.15, -0.1) is 0 Å². The minimum Gasteiger partial charge on any atom is -0.370 e. The number of fused-ring (bicyclic) bond motifs is 1. The summed E-state index contributed by atoms with van der Waals surface area (Å²) in [6.07, 6.45) is 4.20. The molecule has 0 saturated carbocycles. The molecule has 0 aliphatic carbocycles. The zero-order valence-electron chi connectivity index (χ0n) is 16.6. The number of carbonyl (C=O) groups is 1. The fourth-order valence-corrected chi connectivity index (χ4v) is 4.67. The van der Waals surface area contributed by atoms with Crippen LogP contribution in [-0.4, -0.2) is 45.2 Å². The van der Waals surface area contributed by atoms with Crippen molar-refractivity contribution in [1.82, 2.24) is 14.9 Å². The number of hydrogen-bond acceptors (Lipinski definition) is 5. The van der Waals surface area contributed by atoms with Crippen molar-refractivity contribution in [3.8, 4) is 11.4 Å². The Labute approximate surface area is 170 Å². The molecule has 0 atom stereocenters. The number of amides is 1. The lowest BCUT2D eigenvalue weighted by Crippen LogP contribution is -2.37. The number of nitrogens with zero attached hydrogens (tertiary/aromatic N) is 3. The highest BCUT2D eigenvalue weighted by Gasteiger charge is 2.30. The zero-order valence-corrected chi connectivity index (χ0v) is 17.4. The van der Waals surface area contributed by atoms with Crippen molar-refractivity contribution in [2.75, 3.05) is 18.8 Å². The van der Waals surface area contributed by atoms with E-state index in [9.17, 15) is 4.79 Å². The van der Waals surface area contributed by atoms with Crippen LogP contribution in [0.5, 0.6) is 0 Å². The van der Waals surface area contributed by atoms with Crippen LogP contribution in [0.25, 0.3) is 11.4 Å². The topological polar surface area (TPSA) is 55.3 Å². The number of rotatable bonds is 4. The smallest absolute Gasteiger partial charge is 0.232 e. The van der Waals surface area contributed by atoms with Gasteiger partial charge in [0, 0.05) is 30.6 Å². The summed E-state index contributed by atoms with van der Waals surface area (Å²) < 4.78 is 6.01. The third-order valence-electron chi connectivity index (χ3n) is 5.33. The summed E-state index contributed by atoms with van der Waals surface area (Å²) in [5.74, 6) is 1.35. The molecular formula is C22H27N3O2S. The lowest BCUT2D eigenvalue weighted by atomic mass is 9.96. The third kappa shape index (κ3) is 4.39. The first kappa shape index (κ1) is 19.4. The highest BCUT2D eigenvalue weighted by atomic mass is 32.2. The fourth-order valence-electron chi connectivity index (χ4n) is 3.72. The molecule has 4 rings (SSSR count). The molecule has 1 aromatic carbocycles. The molecule has 2 aromatic rings. The second kappa shape index (κ2) is 8.21. The minimum absolute atomic E-state index is 0.204. The first-order chi connectivity index (χ1) is 13.5. The Morgan fingerprint density at radius 3 is 2.64 bits per heavy atom. The largest absolute Gasteiger partial charge is 0.370 e. The average Bonchev–Trinajstić information content (AvgIpc) is 2.72. The van der Waals surface area contributed by atoms with Gasteiger partial charge in [0.1, 0.15) is 5.03 Å². The number of carbonyl (C=O) groups excluding carboxylic acids is 1. The highest BCUT2D eigenvalue weighted by molar-refractivity contribution is 7.99. The molecule has 0 unspecified atom stereocenters. The molecule has 0 bridgehead atoms. The van der Waals surface area contributed by atoms with E-state index in [0.717, 1.165) is 60.0 Å². The van der Waals surface area contributed by atoms with Crippen LogP contribution in [0.3, 0.4) is 0 Å². The van der Waals surface area contributed by atoms with Crippen LogP contribution in [0, 0.1) is 0 Å². The first-order valence-corrected chi connectivity index (χ1v) is 11.0. The predicted molar refractivity (Wildman–Crippen MR) is 111 cm³/mol. The molecule has 6 heteroatoms. The van der Waals surface area contributed by atoms with E-state index in [2.05, 4.69) is 13.8 Å². The SMILES string of the molecule is CC1(C)Cc2nc(-c3ccccc3)nc(SCC(=O)N3CCCCC3)c2CO1. The van der Waals surface area contributed by atoms with Gasteiger partial charge in [-0.1, -0.05) is 42.1 Å². The van der Waals surface area contributed by atoms with Gasteiger partial charge in [-0.25, -0.2) is 9.97 Å². The number of likely N-dealkylation sites (tertiary alicyclic amines) is 1. The Hall–Kier alpha value is -1.92. The van der Waals surface area contributed by atoms with E-state index in [1.807, 2.05) is 35.2 Å². The number of benzene rings is 1. The van der Waals surface area contributed by atoms with Crippen LogP contribution < -0.4 is 0 Å². The van der Waals surface area contributed by atoms with Gasteiger partial charge in [0.05, 0.1) is 23.7 Å². The van der Waals surface area contributed by atoms with E-state index < -0.39 is 0 Å². The lowest BCUT2D eigenvalue weighted by molar-refractivity contribution is -0.129. The second-order valence-electron chi connectivity index (χ2n) is 8.10. The number of aromatic nitrogens is 2. The molecule has 2 aliphatic rings. The number of hydrogen-bond donors (Lipinski definition) is 0. The maximum Gasteiger partial charge on any atom is 0.232 e.